The summed E-state index contributed by atoms with van der Waals surface area (Å²) in [5, 5.41) is 10.1. The van der Waals surface area contributed by atoms with Crippen LogP contribution < -0.4 is 11.5 Å². The molecule has 3 aromatic rings. The maximum atomic E-state index is 14.2. The number of phenolic OH excluding ortho intramolecular Hbond substituents is 1. The zero-order valence-corrected chi connectivity index (χ0v) is 14.4. The Morgan fingerprint density at radius 3 is 2.54 bits per heavy atom. The van der Waals surface area contributed by atoms with Gasteiger partial charge in [0.25, 0.3) is 5.91 Å². The number of halogens is 1. The molecule has 0 saturated heterocycles. The number of hydrogen-bond donors (Lipinski definition) is 3. The SMILES string of the molecule is Cc1ccc(O)c(C)c1-c1cc(-c2ccncc2F)cc(C(N)=O)c1N. The Morgan fingerprint density at radius 2 is 1.88 bits per heavy atom. The maximum absolute atomic E-state index is 14.2. The molecule has 1 amide bonds. The van der Waals surface area contributed by atoms with Crippen LogP contribution >= 0.6 is 0 Å². The Labute approximate surface area is 150 Å². The Balaban J connectivity index is 2.39. The summed E-state index contributed by atoms with van der Waals surface area (Å²) in [7, 11) is 0. The van der Waals surface area contributed by atoms with Crippen molar-refractivity contribution in [2.24, 2.45) is 5.73 Å². The van der Waals surface area contributed by atoms with E-state index in [4.69, 9.17) is 11.5 Å². The van der Waals surface area contributed by atoms with Gasteiger partial charge in [0, 0.05) is 17.3 Å². The first kappa shape index (κ1) is 17.4. The number of pyridine rings is 1. The first-order valence-corrected chi connectivity index (χ1v) is 7.94. The molecular weight excluding hydrogens is 333 g/mol. The molecule has 26 heavy (non-hydrogen) atoms. The summed E-state index contributed by atoms with van der Waals surface area (Å²) in [5.41, 5.74) is 15.3. The summed E-state index contributed by atoms with van der Waals surface area (Å²) in [5.74, 6) is -1.13. The second-order valence-corrected chi connectivity index (χ2v) is 6.11. The standard InChI is InChI=1S/C20H18FN3O2/c1-10-3-4-17(25)11(2)18(10)14-7-12(8-15(19(14)22)20(23)26)13-5-6-24-9-16(13)21/h3-9,25H,22H2,1-2H3,(H2,23,26). The van der Waals surface area contributed by atoms with Crippen molar-refractivity contribution < 1.29 is 14.3 Å². The van der Waals surface area contributed by atoms with E-state index in [-0.39, 0.29) is 22.6 Å². The third-order valence-corrected chi connectivity index (χ3v) is 4.44. The molecule has 0 saturated carbocycles. The van der Waals surface area contributed by atoms with Crippen LogP contribution in [0.5, 0.6) is 5.75 Å². The van der Waals surface area contributed by atoms with E-state index >= 15 is 0 Å². The summed E-state index contributed by atoms with van der Waals surface area (Å²) in [4.78, 5) is 15.6. The fourth-order valence-electron chi connectivity index (χ4n) is 3.08. The molecule has 0 aliphatic heterocycles. The second kappa shape index (κ2) is 6.48. The van der Waals surface area contributed by atoms with Gasteiger partial charge in [-0.1, -0.05) is 6.07 Å². The van der Waals surface area contributed by atoms with E-state index in [2.05, 4.69) is 4.98 Å². The number of aromatic hydroxyl groups is 1. The molecule has 0 aliphatic rings. The van der Waals surface area contributed by atoms with Crippen LogP contribution in [0, 0.1) is 19.7 Å². The number of benzene rings is 2. The normalized spacial score (nSPS) is 10.7. The molecule has 6 heteroatoms. The lowest BCUT2D eigenvalue weighted by atomic mass is 9.89. The van der Waals surface area contributed by atoms with Crippen LogP contribution in [0.25, 0.3) is 22.3 Å². The molecule has 5 nitrogen and oxygen atoms in total. The average Bonchev–Trinajstić information content (AvgIpc) is 2.60. The topological polar surface area (TPSA) is 102 Å². The van der Waals surface area contributed by atoms with Crippen molar-refractivity contribution in [1.29, 1.82) is 0 Å². The summed E-state index contributed by atoms with van der Waals surface area (Å²) >= 11 is 0. The van der Waals surface area contributed by atoms with Crippen molar-refractivity contribution in [3.8, 4) is 28.0 Å². The highest BCUT2D eigenvalue weighted by Crippen LogP contribution is 2.40. The largest absolute Gasteiger partial charge is 0.508 e. The molecule has 0 radical (unpaired) electrons. The van der Waals surface area contributed by atoms with E-state index in [9.17, 15) is 14.3 Å². The van der Waals surface area contributed by atoms with Crippen LogP contribution in [0.3, 0.4) is 0 Å². The first-order chi connectivity index (χ1) is 12.3. The number of anilines is 1. The summed E-state index contributed by atoms with van der Waals surface area (Å²) in [6, 6.07) is 8.01. The van der Waals surface area contributed by atoms with Crippen molar-refractivity contribution in [1.82, 2.24) is 4.98 Å². The van der Waals surface area contributed by atoms with Gasteiger partial charge in [0.15, 0.2) is 0 Å². The number of aryl methyl sites for hydroxylation is 1. The quantitative estimate of drug-likeness (QED) is 0.628. The van der Waals surface area contributed by atoms with Gasteiger partial charge in [0.2, 0.25) is 0 Å². The molecule has 5 N–H and O–H groups in total. The number of nitrogens with two attached hydrogens (primary N) is 2. The Bertz CT molecular complexity index is 1030. The Hall–Kier alpha value is -3.41. The van der Waals surface area contributed by atoms with E-state index in [1.807, 2.05) is 6.92 Å². The van der Waals surface area contributed by atoms with Gasteiger partial charge >= 0.3 is 0 Å². The van der Waals surface area contributed by atoms with Gasteiger partial charge in [-0.15, -0.1) is 0 Å². The summed E-state index contributed by atoms with van der Waals surface area (Å²) in [6.45, 7) is 3.62. The van der Waals surface area contributed by atoms with Crippen LogP contribution in [0.1, 0.15) is 21.5 Å². The molecule has 1 aromatic heterocycles. The summed E-state index contributed by atoms with van der Waals surface area (Å²) < 4.78 is 14.2. The van der Waals surface area contributed by atoms with E-state index in [1.54, 1.807) is 25.1 Å². The molecule has 2 aromatic carbocycles. The van der Waals surface area contributed by atoms with Gasteiger partial charge in [-0.05, 0) is 60.4 Å². The van der Waals surface area contributed by atoms with Crippen molar-refractivity contribution in [2.75, 3.05) is 5.73 Å². The highest BCUT2D eigenvalue weighted by molar-refractivity contribution is 6.04. The third kappa shape index (κ3) is 2.86. The zero-order chi connectivity index (χ0) is 19.0. The fraction of sp³-hybridized carbons (Fsp3) is 0.100. The van der Waals surface area contributed by atoms with Gasteiger partial charge < -0.3 is 16.6 Å². The number of amides is 1. The minimum atomic E-state index is -0.712. The van der Waals surface area contributed by atoms with Crippen LogP contribution in [-0.4, -0.2) is 16.0 Å². The maximum Gasteiger partial charge on any atom is 0.250 e. The number of carbonyl (C=O) groups excluding carboxylic acids is 1. The smallest absolute Gasteiger partial charge is 0.250 e. The molecule has 132 valence electrons. The molecule has 0 unspecified atom stereocenters. The van der Waals surface area contributed by atoms with Crippen LogP contribution in [0.2, 0.25) is 0 Å². The van der Waals surface area contributed by atoms with Crippen molar-refractivity contribution >= 4 is 11.6 Å². The number of hydrogen-bond acceptors (Lipinski definition) is 4. The minimum Gasteiger partial charge on any atom is -0.508 e. The molecule has 0 bridgehead atoms. The lowest BCUT2D eigenvalue weighted by Crippen LogP contribution is -2.14. The molecule has 0 aliphatic carbocycles. The minimum absolute atomic E-state index is 0.0934. The van der Waals surface area contributed by atoms with Crippen molar-refractivity contribution in [3.05, 3.63) is 65.2 Å². The zero-order valence-electron chi connectivity index (χ0n) is 14.4. The Kier molecular flexibility index (Phi) is 4.34. The van der Waals surface area contributed by atoms with Gasteiger partial charge in [-0.2, -0.15) is 0 Å². The van der Waals surface area contributed by atoms with E-state index in [0.29, 0.717) is 22.3 Å². The number of nitrogens with zero attached hydrogens (tertiary/aromatic N) is 1. The van der Waals surface area contributed by atoms with Gasteiger partial charge in [0.05, 0.1) is 17.4 Å². The van der Waals surface area contributed by atoms with E-state index < -0.39 is 11.7 Å². The number of phenols is 1. The third-order valence-electron chi connectivity index (χ3n) is 4.44. The van der Waals surface area contributed by atoms with Crippen LogP contribution in [0.4, 0.5) is 10.1 Å². The molecule has 3 rings (SSSR count). The molecule has 1 heterocycles. The van der Waals surface area contributed by atoms with E-state index in [1.165, 1.54) is 18.3 Å². The van der Waals surface area contributed by atoms with Crippen LogP contribution in [-0.2, 0) is 0 Å². The first-order valence-electron chi connectivity index (χ1n) is 7.94. The monoisotopic (exact) mass is 351 g/mol. The molecule has 0 spiro atoms. The highest BCUT2D eigenvalue weighted by Gasteiger charge is 2.19. The van der Waals surface area contributed by atoms with Gasteiger partial charge in [-0.25, -0.2) is 4.39 Å². The van der Waals surface area contributed by atoms with Crippen LogP contribution in [0.15, 0.2) is 42.7 Å². The van der Waals surface area contributed by atoms with Crippen molar-refractivity contribution in [3.63, 3.8) is 0 Å². The number of aromatic nitrogens is 1. The number of rotatable bonds is 3. The Morgan fingerprint density at radius 1 is 1.15 bits per heavy atom. The fourth-order valence-corrected chi connectivity index (χ4v) is 3.08. The predicted molar refractivity (Wildman–Crippen MR) is 99.1 cm³/mol. The number of carbonyl (C=O) groups is 1. The summed E-state index contributed by atoms with van der Waals surface area (Å²) in [6.07, 6.45) is 2.56. The number of nitrogen functional groups attached to an aromatic ring is 1. The van der Waals surface area contributed by atoms with Gasteiger partial charge in [-0.3, -0.25) is 9.78 Å². The highest BCUT2D eigenvalue weighted by atomic mass is 19.1. The lowest BCUT2D eigenvalue weighted by Gasteiger charge is -2.17. The van der Waals surface area contributed by atoms with Crippen molar-refractivity contribution in [2.45, 2.75) is 13.8 Å². The molecule has 0 fully saturated rings. The average molecular weight is 351 g/mol. The second-order valence-electron chi connectivity index (χ2n) is 6.11. The van der Waals surface area contributed by atoms with E-state index in [0.717, 1.165) is 11.8 Å². The molecule has 0 atom stereocenters. The predicted octanol–water partition coefficient (Wildman–Crippen LogP) is 3.56. The van der Waals surface area contributed by atoms with Gasteiger partial charge in [0.1, 0.15) is 11.6 Å². The number of primary amides is 1. The molecular formula is C20H18FN3O2. The lowest BCUT2D eigenvalue weighted by molar-refractivity contribution is 0.100.